The van der Waals surface area contributed by atoms with Crippen molar-refractivity contribution in [1.29, 1.82) is 0 Å². The molecule has 2 heteroatoms. The largest absolute Gasteiger partial charge is 0.315 e. The van der Waals surface area contributed by atoms with Crippen LogP contribution in [-0.2, 0) is 0 Å². The lowest BCUT2D eigenvalue weighted by molar-refractivity contribution is 0.322. The lowest BCUT2D eigenvalue weighted by atomic mass is 10.1. The SMILES string of the molecule is CCCCCCCN(C)CCNCCC. The molecular weight excluding hydrogens is 184 g/mol. The molecular formula is C13H30N2. The predicted molar refractivity (Wildman–Crippen MR) is 69.4 cm³/mol. The van der Waals surface area contributed by atoms with E-state index >= 15 is 0 Å². The molecule has 0 saturated carbocycles. The van der Waals surface area contributed by atoms with Gasteiger partial charge in [0, 0.05) is 13.1 Å². The Kier molecular flexibility index (Phi) is 11.9. The number of nitrogens with one attached hydrogen (secondary N) is 1. The van der Waals surface area contributed by atoms with Gasteiger partial charge in [-0.1, -0.05) is 39.5 Å². The predicted octanol–water partition coefficient (Wildman–Crippen LogP) is 2.89. The third kappa shape index (κ3) is 11.8. The Morgan fingerprint density at radius 1 is 0.800 bits per heavy atom. The molecule has 0 rings (SSSR count). The van der Waals surface area contributed by atoms with E-state index in [4.69, 9.17) is 0 Å². The van der Waals surface area contributed by atoms with E-state index in [2.05, 4.69) is 31.1 Å². The highest BCUT2D eigenvalue weighted by Crippen LogP contribution is 2.02. The normalized spacial score (nSPS) is 11.2. The molecule has 0 fully saturated rings. The molecule has 0 atom stereocenters. The monoisotopic (exact) mass is 214 g/mol. The molecule has 0 unspecified atom stereocenters. The molecule has 0 saturated heterocycles. The van der Waals surface area contributed by atoms with Crippen LogP contribution < -0.4 is 5.32 Å². The summed E-state index contributed by atoms with van der Waals surface area (Å²) in [5, 5.41) is 3.44. The van der Waals surface area contributed by atoms with Gasteiger partial charge >= 0.3 is 0 Å². The van der Waals surface area contributed by atoms with Crippen molar-refractivity contribution in [1.82, 2.24) is 10.2 Å². The topological polar surface area (TPSA) is 15.3 Å². The van der Waals surface area contributed by atoms with Crippen molar-refractivity contribution in [2.75, 3.05) is 33.2 Å². The average molecular weight is 214 g/mol. The molecule has 0 aromatic rings. The Morgan fingerprint density at radius 2 is 1.53 bits per heavy atom. The summed E-state index contributed by atoms with van der Waals surface area (Å²) in [6, 6.07) is 0. The van der Waals surface area contributed by atoms with Crippen molar-refractivity contribution in [3.05, 3.63) is 0 Å². The Hall–Kier alpha value is -0.0800. The second-order valence-corrected chi connectivity index (χ2v) is 4.47. The van der Waals surface area contributed by atoms with Crippen LogP contribution >= 0.6 is 0 Å². The van der Waals surface area contributed by atoms with E-state index in [-0.39, 0.29) is 0 Å². The van der Waals surface area contributed by atoms with Gasteiger partial charge in [0.05, 0.1) is 0 Å². The fourth-order valence-corrected chi connectivity index (χ4v) is 1.67. The molecule has 0 aliphatic heterocycles. The maximum absolute atomic E-state index is 3.44. The summed E-state index contributed by atoms with van der Waals surface area (Å²) in [6.07, 6.45) is 8.17. The third-order valence-electron chi connectivity index (χ3n) is 2.74. The summed E-state index contributed by atoms with van der Waals surface area (Å²) in [7, 11) is 2.23. The first-order valence-corrected chi connectivity index (χ1v) is 6.70. The Balaban J connectivity index is 3.08. The van der Waals surface area contributed by atoms with Crippen LogP contribution in [0.2, 0.25) is 0 Å². The maximum Gasteiger partial charge on any atom is 0.0104 e. The van der Waals surface area contributed by atoms with Gasteiger partial charge in [-0.2, -0.15) is 0 Å². The van der Waals surface area contributed by atoms with E-state index in [1.165, 1.54) is 51.6 Å². The van der Waals surface area contributed by atoms with Gasteiger partial charge in [0.15, 0.2) is 0 Å². The van der Waals surface area contributed by atoms with E-state index in [1.807, 2.05) is 0 Å². The second kappa shape index (κ2) is 12.0. The number of unbranched alkanes of at least 4 members (excludes halogenated alkanes) is 4. The molecule has 0 radical (unpaired) electrons. The van der Waals surface area contributed by atoms with Gasteiger partial charge in [0.2, 0.25) is 0 Å². The summed E-state index contributed by atoms with van der Waals surface area (Å²) < 4.78 is 0. The molecule has 15 heavy (non-hydrogen) atoms. The van der Waals surface area contributed by atoms with Gasteiger partial charge in [0.1, 0.15) is 0 Å². The van der Waals surface area contributed by atoms with Gasteiger partial charge in [0.25, 0.3) is 0 Å². The van der Waals surface area contributed by atoms with Gasteiger partial charge in [-0.05, 0) is 33.0 Å². The number of likely N-dealkylation sites (N-methyl/N-ethyl adjacent to an activating group) is 1. The van der Waals surface area contributed by atoms with Gasteiger partial charge in [-0.25, -0.2) is 0 Å². The number of hydrogen-bond acceptors (Lipinski definition) is 2. The van der Waals surface area contributed by atoms with Crippen molar-refractivity contribution < 1.29 is 0 Å². The molecule has 92 valence electrons. The van der Waals surface area contributed by atoms with E-state index in [1.54, 1.807) is 0 Å². The smallest absolute Gasteiger partial charge is 0.0104 e. The zero-order valence-electron chi connectivity index (χ0n) is 11.0. The first-order chi connectivity index (χ1) is 7.31. The van der Waals surface area contributed by atoms with Crippen molar-refractivity contribution in [2.45, 2.75) is 52.4 Å². The summed E-state index contributed by atoms with van der Waals surface area (Å²) >= 11 is 0. The van der Waals surface area contributed by atoms with Crippen molar-refractivity contribution >= 4 is 0 Å². The Bertz CT molecular complexity index is 115. The Morgan fingerprint density at radius 3 is 2.20 bits per heavy atom. The second-order valence-electron chi connectivity index (χ2n) is 4.47. The van der Waals surface area contributed by atoms with E-state index in [9.17, 15) is 0 Å². The van der Waals surface area contributed by atoms with Crippen LogP contribution in [-0.4, -0.2) is 38.1 Å². The quantitative estimate of drug-likeness (QED) is 0.532. The van der Waals surface area contributed by atoms with Crippen LogP contribution in [0.3, 0.4) is 0 Å². The summed E-state index contributed by atoms with van der Waals surface area (Å²) in [5.41, 5.74) is 0. The number of rotatable bonds is 11. The molecule has 0 spiro atoms. The zero-order chi connectivity index (χ0) is 11.4. The molecule has 0 aromatic carbocycles. The highest BCUT2D eigenvalue weighted by Gasteiger charge is 1.97. The van der Waals surface area contributed by atoms with Crippen LogP contribution in [0.4, 0.5) is 0 Å². The zero-order valence-corrected chi connectivity index (χ0v) is 11.0. The molecule has 2 nitrogen and oxygen atoms in total. The third-order valence-corrected chi connectivity index (χ3v) is 2.74. The van der Waals surface area contributed by atoms with Gasteiger partial charge in [-0.15, -0.1) is 0 Å². The molecule has 0 aliphatic carbocycles. The van der Waals surface area contributed by atoms with Crippen LogP contribution in [0.5, 0.6) is 0 Å². The highest BCUT2D eigenvalue weighted by molar-refractivity contribution is 4.55. The minimum Gasteiger partial charge on any atom is -0.315 e. The maximum atomic E-state index is 3.44. The lowest BCUT2D eigenvalue weighted by Crippen LogP contribution is -2.30. The van der Waals surface area contributed by atoms with E-state index in [0.29, 0.717) is 0 Å². The lowest BCUT2D eigenvalue weighted by Gasteiger charge is -2.16. The number of hydrogen-bond donors (Lipinski definition) is 1. The van der Waals surface area contributed by atoms with Gasteiger partial charge < -0.3 is 10.2 Å². The standard InChI is InChI=1S/C13H30N2/c1-4-6-7-8-9-12-15(3)13-11-14-10-5-2/h14H,4-13H2,1-3H3. The van der Waals surface area contributed by atoms with Crippen molar-refractivity contribution in [3.8, 4) is 0 Å². The average Bonchev–Trinajstić information content (AvgIpc) is 2.24. The van der Waals surface area contributed by atoms with Crippen LogP contribution in [0.25, 0.3) is 0 Å². The van der Waals surface area contributed by atoms with Crippen molar-refractivity contribution in [2.24, 2.45) is 0 Å². The molecule has 0 aliphatic rings. The van der Waals surface area contributed by atoms with E-state index < -0.39 is 0 Å². The number of nitrogens with zero attached hydrogens (tertiary/aromatic N) is 1. The molecule has 1 N–H and O–H groups in total. The summed E-state index contributed by atoms with van der Waals surface area (Å²) in [4.78, 5) is 2.44. The van der Waals surface area contributed by atoms with Crippen LogP contribution in [0, 0.1) is 0 Å². The van der Waals surface area contributed by atoms with Gasteiger partial charge in [-0.3, -0.25) is 0 Å². The molecule has 0 bridgehead atoms. The fraction of sp³-hybridized carbons (Fsp3) is 1.00. The van der Waals surface area contributed by atoms with Crippen LogP contribution in [0.1, 0.15) is 52.4 Å². The first-order valence-electron chi connectivity index (χ1n) is 6.70. The summed E-state index contributed by atoms with van der Waals surface area (Å²) in [5.74, 6) is 0. The summed E-state index contributed by atoms with van der Waals surface area (Å²) in [6.45, 7) is 9.23. The van der Waals surface area contributed by atoms with Crippen molar-refractivity contribution in [3.63, 3.8) is 0 Å². The molecule has 0 aromatic heterocycles. The Labute approximate surface area is 96.4 Å². The fourth-order valence-electron chi connectivity index (χ4n) is 1.67. The minimum atomic E-state index is 1.14. The van der Waals surface area contributed by atoms with E-state index in [0.717, 1.165) is 13.1 Å². The molecule has 0 heterocycles. The molecule has 0 amide bonds. The van der Waals surface area contributed by atoms with Crippen LogP contribution in [0.15, 0.2) is 0 Å². The minimum absolute atomic E-state index is 1.14. The first kappa shape index (κ1) is 14.9. The highest BCUT2D eigenvalue weighted by atomic mass is 15.1.